The average molecular weight is 549 g/mol. The van der Waals surface area contributed by atoms with Crippen LogP contribution in [0.4, 0.5) is 26.3 Å². The smallest absolute Gasteiger partial charge is 0.406 e. The maximum atomic E-state index is 12.4. The van der Waals surface area contributed by atoms with E-state index in [-0.39, 0.29) is 23.0 Å². The fraction of sp³-hybridized carbons (Fsp3) is 0.462. The summed E-state index contributed by atoms with van der Waals surface area (Å²) in [6, 6.07) is 9.37. The Morgan fingerprint density at radius 3 is 1.63 bits per heavy atom. The van der Waals surface area contributed by atoms with Gasteiger partial charge in [0.05, 0.1) is 0 Å². The summed E-state index contributed by atoms with van der Waals surface area (Å²) in [4.78, 5) is 24.5. The van der Waals surface area contributed by atoms with E-state index in [4.69, 9.17) is 0 Å². The molecule has 210 valence electrons. The maximum absolute atomic E-state index is 12.4. The summed E-state index contributed by atoms with van der Waals surface area (Å²) in [5.74, 6) is -1.36. The van der Waals surface area contributed by atoms with Crippen molar-refractivity contribution in [1.29, 1.82) is 0 Å². The monoisotopic (exact) mass is 548 g/mol. The molecule has 12 heteroatoms. The third-order valence-electron chi connectivity index (χ3n) is 5.52. The summed E-state index contributed by atoms with van der Waals surface area (Å²) >= 11 is 0. The van der Waals surface area contributed by atoms with Gasteiger partial charge in [-0.2, -0.15) is 0 Å². The number of hydrogen-bond acceptors (Lipinski definition) is 4. The molecule has 6 nitrogen and oxygen atoms in total. The molecule has 2 N–H and O–H groups in total. The van der Waals surface area contributed by atoms with Gasteiger partial charge in [0.25, 0.3) is 11.8 Å². The second-order valence-electron chi connectivity index (χ2n) is 8.61. The Kier molecular flexibility index (Phi) is 11.7. The largest absolute Gasteiger partial charge is 0.573 e. The van der Waals surface area contributed by atoms with Crippen LogP contribution >= 0.6 is 0 Å². The lowest BCUT2D eigenvalue weighted by molar-refractivity contribution is -0.275. The Labute approximate surface area is 216 Å². The Bertz CT molecular complexity index is 1010. The van der Waals surface area contributed by atoms with Crippen molar-refractivity contribution >= 4 is 11.8 Å². The van der Waals surface area contributed by atoms with Crippen LogP contribution in [0.15, 0.2) is 48.5 Å². The van der Waals surface area contributed by atoms with E-state index in [1.807, 2.05) is 6.92 Å². The number of carbonyl (C=O) groups excluding carboxylic acids is 2. The molecule has 2 aromatic carbocycles. The Hall–Kier alpha value is -3.44. The number of unbranched alkanes of at least 4 members (excludes halogenated alkanes) is 2. The van der Waals surface area contributed by atoms with Crippen LogP contribution in [0, 0.1) is 5.92 Å². The molecule has 0 heterocycles. The van der Waals surface area contributed by atoms with E-state index >= 15 is 0 Å². The molecule has 0 fully saturated rings. The first-order valence-electron chi connectivity index (χ1n) is 12.1. The van der Waals surface area contributed by atoms with Crippen LogP contribution in [-0.2, 0) is 0 Å². The number of hydrogen-bond donors (Lipinski definition) is 2. The predicted octanol–water partition coefficient (Wildman–Crippen LogP) is 6.62. The number of nitrogens with one attached hydrogen (secondary N) is 2. The normalized spacial score (nSPS) is 12.5. The zero-order chi connectivity index (χ0) is 28.2. The molecule has 2 rings (SSSR count). The Morgan fingerprint density at radius 2 is 1.18 bits per heavy atom. The van der Waals surface area contributed by atoms with Gasteiger partial charge in [0.2, 0.25) is 0 Å². The van der Waals surface area contributed by atoms with Crippen molar-refractivity contribution in [2.75, 3.05) is 13.1 Å². The van der Waals surface area contributed by atoms with E-state index < -0.39 is 30.1 Å². The molecule has 1 atom stereocenters. The molecule has 0 aliphatic heterocycles. The van der Waals surface area contributed by atoms with Crippen LogP contribution in [-0.4, -0.2) is 37.6 Å². The number of amides is 2. The minimum Gasteiger partial charge on any atom is -0.406 e. The second-order valence-corrected chi connectivity index (χ2v) is 8.61. The Morgan fingerprint density at radius 1 is 0.711 bits per heavy atom. The van der Waals surface area contributed by atoms with Gasteiger partial charge in [-0.1, -0.05) is 26.2 Å². The first-order valence-corrected chi connectivity index (χ1v) is 12.1. The first kappa shape index (κ1) is 30.8. The molecule has 0 saturated heterocycles. The third kappa shape index (κ3) is 12.2. The van der Waals surface area contributed by atoms with Crippen LogP contribution in [0.25, 0.3) is 0 Å². The van der Waals surface area contributed by atoms with Gasteiger partial charge in [-0.15, -0.1) is 26.3 Å². The van der Waals surface area contributed by atoms with E-state index in [1.54, 1.807) is 0 Å². The van der Waals surface area contributed by atoms with Crippen LogP contribution < -0.4 is 20.1 Å². The number of halogens is 6. The topological polar surface area (TPSA) is 76.7 Å². The minimum atomic E-state index is -4.80. The minimum absolute atomic E-state index is 0.223. The highest BCUT2D eigenvalue weighted by molar-refractivity contribution is 5.94. The molecule has 0 radical (unpaired) electrons. The van der Waals surface area contributed by atoms with Gasteiger partial charge in [0.1, 0.15) is 11.5 Å². The van der Waals surface area contributed by atoms with Crippen LogP contribution in [0.1, 0.15) is 66.2 Å². The molecule has 0 aliphatic rings. The lowest BCUT2D eigenvalue weighted by Crippen LogP contribution is -2.29. The quantitative estimate of drug-likeness (QED) is 0.206. The molecule has 0 spiro atoms. The summed E-state index contributed by atoms with van der Waals surface area (Å²) < 4.78 is 81.0. The SMILES string of the molecule is CCCC(CCCCCNC(=O)c1ccc(OC(F)(F)F)cc1)CNC(=O)c1ccc(OC(F)(F)F)cc1. The van der Waals surface area contributed by atoms with Crippen LogP contribution in [0.3, 0.4) is 0 Å². The lowest BCUT2D eigenvalue weighted by atomic mass is 9.96. The highest BCUT2D eigenvalue weighted by Crippen LogP contribution is 2.24. The van der Waals surface area contributed by atoms with Crippen molar-refractivity contribution in [1.82, 2.24) is 10.6 Å². The summed E-state index contributed by atoms with van der Waals surface area (Å²) in [5, 5.41) is 5.55. The average Bonchev–Trinajstić information content (AvgIpc) is 2.83. The number of carbonyl (C=O) groups is 2. The van der Waals surface area contributed by atoms with Crippen molar-refractivity contribution in [3.63, 3.8) is 0 Å². The van der Waals surface area contributed by atoms with Gasteiger partial charge in [-0.3, -0.25) is 9.59 Å². The molecule has 38 heavy (non-hydrogen) atoms. The zero-order valence-corrected chi connectivity index (χ0v) is 20.8. The maximum Gasteiger partial charge on any atom is 0.573 e. The van der Waals surface area contributed by atoms with Gasteiger partial charge < -0.3 is 20.1 Å². The summed E-state index contributed by atoms with van der Waals surface area (Å²) in [5.41, 5.74) is 0.453. The highest BCUT2D eigenvalue weighted by atomic mass is 19.4. The molecule has 0 bridgehead atoms. The molecule has 2 amide bonds. The Balaban J connectivity index is 1.67. The van der Waals surface area contributed by atoms with E-state index in [1.165, 1.54) is 24.3 Å². The molecular weight excluding hydrogens is 518 g/mol. The molecule has 1 unspecified atom stereocenters. The van der Waals surface area contributed by atoms with E-state index in [0.29, 0.717) is 19.5 Å². The number of alkyl halides is 6. The number of benzene rings is 2. The van der Waals surface area contributed by atoms with Crippen molar-refractivity contribution in [3.05, 3.63) is 59.7 Å². The predicted molar refractivity (Wildman–Crippen MR) is 128 cm³/mol. The van der Waals surface area contributed by atoms with Crippen LogP contribution in [0.5, 0.6) is 11.5 Å². The number of ether oxygens (including phenoxy) is 2. The third-order valence-corrected chi connectivity index (χ3v) is 5.52. The standard InChI is InChI=1S/C26H30F6N2O4/c1-2-6-18(17-34-24(36)20-10-14-22(15-11-20)38-26(30,31)32)7-4-3-5-16-33-23(35)19-8-12-21(13-9-19)37-25(27,28)29/h8-15,18H,2-7,16-17H2,1H3,(H,33,35)(H,34,36). The molecule has 0 aromatic heterocycles. The molecule has 2 aromatic rings. The fourth-order valence-electron chi connectivity index (χ4n) is 3.75. The highest BCUT2D eigenvalue weighted by Gasteiger charge is 2.31. The van der Waals surface area contributed by atoms with Gasteiger partial charge >= 0.3 is 12.7 Å². The van der Waals surface area contributed by atoms with Crippen molar-refractivity contribution in [2.45, 2.75) is 58.2 Å². The first-order chi connectivity index (χ1) is 17.9. The van der Waals surface area contributed by atoms with E-state index in [0.717, 1.165) is 56.4 Å². The zero-order valence-electron chi connectivity index (χ0n) is 20.8. The van der Waals surface area contributed by atoms with Gasteiger partial charge in [-0.05, 0) is 73.7 Å². The molecule has 0 saturated carbocycles. The summed E-state index contributed by atoms with van der Waals surface area (Å²) in [6.45, 7) is 2.87. The van der Waals surface area contributed by atoms with E-state index in [9.17, 15) is 35.9 Å². The fourth-order valence-corrected chi connectivity index (χ4v) is 3.75. The van der Waals surface area contributed by atoms with Gasteiger partial charge in [-0.25, -0.2) is 0 Å². The number of rotatable bonds is 14. The summed E-state index contributed by atoms with van der Waals surface area (Å²) in [6.07, 6.45) is -4.53. The van der Waals surface area contributed by atoms with Crippen molar-refractivity contribution in [2.24, 2.45) is 5.92 Å². The molecule has 0 aliphatic carbocycles. The van der Waals surface area contributed by atoms with Gasteiger partial charge in [0.15, 0.2) is 0 Å². The van der Waals surface area contributed by atoms with Crippen molar-refractivity contribution in [3.8, 4) is 11.5 Å². The lowest BCUT2D eigenvalue weighted by Gasteiger charge is -2.17. The molecular formula is C26H30F6N2O4. The second kappa shape index (κ2) is 14.5. The van der Waals surface area contributed by atoms with Crippen LogP contribution in [0.2, 0.25) is 0 Å². The van der Waals surface area contributed by atoms with Gasteiger partial charge in [0, 0.05) is 24.2 Å². The summed E-state index contributed by atoms with van der Waals surface area (Å²) in [7, 11) is 0. The van der Waals surface area contributed by atoms with E-state index in [2.05, 4.69) is 20.1 Å². The van der Waals surface area contributed by atoms with Crippen molar-refractivity contribution < 1.29 is 45.4 Å².